The van der Waals surface area contributed by atoms with Crippen molar-refractivity contribution in [3.63, 3.8) is 0 Å². The molecule has 1 aliphatic rings. The molecule has 6 nitrogen and oxygen atoms in total. The van der Waals surface area contributed by atoms with Crippen LogP contribution < -0.4 is 10.1 Å². The number of carboxylic acids is 1. The molecule has 1 fully saturated rings. The van der Waals surface area contributed by atoms with Crippen LogP contribution in [0.2, 0.25) is 0 Å². The summed E-state index contributed by atoms with van der Waals surface area (Å²) in [6.07, 6.45) is 2.98. The Balaban J connectivity index is 1.98. The molecule has 6 heteroatoms. The molecular formula is C15H17NO5. The fourth-order valence-electron chi connectivity index (χ4n) is 2.14. The van der Waals surface area contributed by atoms with Crippen molar-refractivity contribution >= 4 is 18.0 Å². The van der Waals surface area contributed by atoms with Gasteiger partial charge in [-0.05, 0) is 12.1 Å². The number of carbonyl (C=O) groups is 2. The molecule has 0 aliphatic carbocycles. The predicted molar refractivity (Wildman–Crippen MR) is 75.9 cm³/mol. The highest BCUT2D eigenvalue weighted by Gasteiger charge is 2.34. The molecule has 0 bridgehead atoms. The zero-order valence-electron chi connectivity index (χ0n) is 11.6. The summed E-state index contributed by atoms with van der Waals surface area (Å²) in [4.78, 5) is 22.8. The smallest absolute Gasteiger partial charge is 0.311 e. The second-order valence-corrected chi connectivity index (χ2v) is 4.67. The van der Waals surface area contributed by atoms with Crippen LogP contribution in [0.1, 0.15) is 5.56 Å². The molecule has 0 spiro atoms. The SMILES string of the molecule is COc1ccccc1C=CC(=O)NC1COCC1C(=O)O. The van der Waals surface area contributed by atoms with Crippen LogP contribution in [0.3, 0.4) is 0 Å². The van der Waals surface area contributed by atoms with Crippen molar-refractivity contribution in [2.24, 2.45) is 5.92 Å². The lowest BCUT2D eigenvalue weighted by Crippen LogP contribution is -2.41. The number of carbonyl (C=O) groups excluding carboxylic acids is 1. The topological polar surface area (TPSA) is 84.9 Å². The predicted octanol–water partition coefficient (Wildman–Crippen LogP) is 0.924. The van der Waals surface area contributed by atoms with E-state index in [0.29, 0.717) is 5.75 Å². The summed E-state index contributed by atoms with van der Waals surface area (Å²) >= 11 is 0. The van der Waals surface area contributed by atoms with Crippen molar-refractivity contribution in [2.75, 3.05) is 20.3 Å². The van der Waals surface area contributed by atoms with Gasteiger partial charge in [-0.2, -0.15) is 0 Å². The van der Waals surface area contributed by atoms with Crippen molar-refractivity contribution in [3.8, 4) is 5.75 Å². The maximum atomic E-state index is 11.9. The zero-order valence-corrected chi connectivity index (χ0v) is 11.6. The summed E-state index contributed by atoms with van der Waals surface area (Å²) in [5.41, 5.74) is 0.771. The van der Waals surface area contributed by atoms with Crippen LogP contribution in [0.15, 0.2) is 30.3 Å². The fraction of sp³-hybridized carbons (Fsp3) is 0.333. The van der Waals surface area contributed by atoms with Gasteiger partial charge in [0.05, 0.1) is 26.4 Å². The fourth-order valence-corrected chi connectivity index (χ4v) is 2.14. The average molecular weight is 291 g/mol. The minimum absolute atomic E-state index is 0.122. The minimum atomic E-state index is -0.966. The molecule has 1 heterocycles. The third-order valence-corrected chi connectivity index (χ3v) is 3.28. The number of benzene rings is 1. The largest absolute Gasteiger partial charge is 0.496 e. The number of rotatable bonds is 5. The van der Waals surface area contributed by atoms with Crippen molar-refractivity contribution in [2.45, 2.75) is 6.04 Å². The van der Waals surface area contributed by atoms with Crippen molar-refractivity contribution in [3.05, 3.63) is 35.9 Å². The van der Waals surface area contributed by atoms with Crippen molar-refractivity contribution in [1.82, 2.24) is 5.32 Å². The summed E-state index contributed by atoms with van der Waals surface area (Å²) in [5, 5.41) is 11.7. The van der Waals surface area contributed by atoms with E-state index >= 15 is 0 Å². The molecule has 2 N–H and O–H groups in total. The van der Waals surface area contributed by atoms with Gasteiger partial charge in [-0.1, -0.05) is 18.2 Å². The van der Waals surface area contributed by atoms with Crippen LogP contribution in [0.25, 0.3) is 6.08 Å². The third kappa shape index (κ3) is 3.82. The first kappa shape index (κ1) is 15.1. The van der Waals surface area contributed by atoms with Crippen LogP contribution in [-0.2, 0) is 14.3 Å². The van der Waals surface area contributed by atoms with E-state index in [4.69, 9.17) is 14.6 Å². The Kier molecular flexibility index (Phi) is 4.94. The van der Waals surface area contributed by atoms with Crippen LogP contribution in [0.5, 0.6) is 5.75 Å². The van der Waals surface area contributed by atoms with Gasteiger partial charge in [0, 0.05) is 11.6 Å². The summed E-state index contributed by atoms with van der Waals surface area (Å²) in [6, 6.07) is 6.79. The number of aliphatic carboxylic acids is 1. The number of hydrogen-bond acceptors (Lipinski definition) is 4. The third-order valence-electron chi connectivity index (χ3n) is 3.28. The van der Waals surface area contributed by atoms with Gasteiger partial charge in [0.15, 0.2) is 0 Å². The van der Waals surface area contributed by atoms with E-state index < -0.39 is 17.9 Å². The second kappa shape index (κ2) is 6.90. The molecule has 2 atom stereocenters. The first-order chi connectivity index (χ1) is 10.1. The molecule has 1 aromatic carbocycles. The number of methoxy groups -OCH3 is 1. The number of para-hydroxylation sites is 1. The monoisotopic (exact) mass is 291 g/mol. The number of carboxylic acid groups (broad SMARTS) is 1. The number of amides is 1. The highest BCUT2D eigenvalue weighted by molar-refractivity contribution is 5.92. The average Bonchev–Trinajstić information content (AvgIpc) is 2.93. The molecule has 2 unspecified atom stereocenters. The van der Waals surface area contributed by atoms with Crippen LogP contribution in [-0.4, -0.2) is 43.3 Å². The molecule has 2 rings (SSSR count). The summed E-state index contributed by atoms with van der Waals surface area (Å²) < 4.78 is 10.3. The standard InChI is InChI=1S/C15H17NO5/c1-20-13-5-3-2-4-10(13)6-7-14(17)16-12-9-21-8-11(12)15(18)19/h2-7,11-12H,8-9H2,1H3,(H,16,17)(H,18,19). The van der Waals surface area contributed by atoms with Gasteiger partial charge in [0.1, 0.15) is 11.7 Å². The van der Waals surface area contributed by atoms with E-state index in [1.54, 1.807) is 19.3 Å². The van der Waals surface area contributed by atoms with E-state index in [0.717, 1.165) is 5.56 Å². The van der Waals surface area contributed by atoms with Crippen molar-refractivity contribution in [1.29, 1.82) is 0 Å². The van der Waals surface area contributed by atoms with Gasteiger partial charge in [0.2, 0.25) is 5.91 Å². The summed E-state index contributed by atoms with van der Waals surface area (Å²) in [5.74, 6) is -1.36. The quantitative estimate of drug-likeness (QED) is 0.788. The van der Waals surface area contributed by atoms with Crippen LogP contribution >= 0.6 is 0 Å². The molecule has 21 heavy (non-hydrogen) atoms. The lowest BCUT2D eigenvalue weighted by molar-refractivity contribution is -0.142. The molecule has 0 saturated carbocycles. The lowest BCUT2D eigenvalue weighted by atomic mass is 10.0. The van der Waals surface area contributed by atoms with Crippen LogP contribution in [0.4, 0.5) is 0 Å². The lowest BCUT2D eigenvalue weighted by Gasteiger charge is -2.14. The number of nitrogens with one attached hydrogen (secondary N) is 1. The van der Waals surface area contributed by atoms with Gasteiger partial charge in [-0.3, -0.25) is 9.59 Å². The van der Waals surface area contributed by atoms with E-state index in [2.05, 4.69) is 5.32 Å². The van der Waals surface area contributed by atoms with Crippen LogP contribution in [0, 0.1) is 5.92 Å². The van der Waals surface area contributed by atoms with Gasteiger partial charge < -0.3 is 19.9 Å². The summed E-state index contributed by atoms with van der Waals surface area (Å²) in [6.45, 7) is 0.335. The van der Waals surface area contributed by atoms with E-state index in [1.165, 1.54) is 6.08 Å². The second-order valence-electron chi connectivity index (χ2n) is 4.67. The maximum absolute atomic E-state index is 11.9. The van der Waals surface area contributed by atoms with Gasteiger partial charge in [0.25, 0.3) is 0 Å². The molecule has 0 aromatic heterocycles. The molecular weight excluding hydrogens is 274 g/mol. The van der Waals surface area contributed by atoms with E-state index in [-0.39, 0.29) is 19.1 Å². The zero-order chi connectivity index (χ0) is 15.2. The number of hydrogen-bond donors (Lipinski definition) is 2. The first-order valence-electron chi connectivity index (χ1n) is 6.54. The highest BCUT2D eigenvalue weighted by atomic mass is 16.5. The Morgan fingerprint density at radius 3 is 2.86 bits per heavy atom. The summed E-state index contributed by atoms with van der Waals surface area (Å²) in [7, 11) is 1.56. The normalized spacial score (nSPS) is 21.4. The van der Waals surface area contributed by atoms with Crippen molar-refractivity contribution < 1.29 is 24.2 Å². The number of ether oxygens (including phenoxy) is 2. The molecule has 1 saturated heterocycles. The molecule has 1 aromatic rings. The van der Waals surface area contributed by atoms with Gasteiger partial charge >= 0.3 is 5.97 Å². The minimum Gasteiger partial charge on any atom is -0.496 e. The Labute approximate surface area is 122 Å². The molecule has 1 amide bonds. The maximum Gasteiger partial charge on any atom is 0.311 e. The Morgan fingerprint density at radius 1 is 1.38 bits per heavy atom. The first-order valence-corrected chi connectivity index (χ1v) is 6.54. The van der Waals surface area contributed by atoms with Gasteiger partial charge in [-0.25, -0.2) is 0 Å². The van der Waals surface area contributed by atoms with E-state index in [1.807, 2.05) is 18.2 Å². The molecule has 0 radical (unpaired) electrons. The van der Waals surface area contributed by atoms with Gasteiger partial charge in [-0.15, -0.1) is 0 Å². The molecule has 1 aliphatic heterocycles. The Hall–Kier alpha value is -2.34. The Morgan fingerprint density at radius 2 is 2.14 bits per heavy atom. The highest BCUT2D eigenvalue weighted by Crippen LogP contribution is 2.18. The Bertz CT molecular complexity index is 555. The van der Waals surface area contributed by atoms with E-state index in [9.17, 15) is 9.59 Å². The molecule has 112 valence electrons.